The third-order valence-corrected chi connectivity index (χ3v) is 2.32. The lowest BCUT2D eigenvalue weighted by molar-refractivity contribution is 0.253. The van der Waals surface area contributed by atoms with Crippen molar-refractivity contribution >= 4 is 46.5 Å². The van der Waals surface area contributed by atoms with Gasteiger partial charge in [0, 0.05) is 10.1 Å². The average molecular weight is 280 g/mol. The molecular formula is C10H9Cl3N2O. The summed E-state index contributed by atoms with van der Waals surface area (Å²) in [5.74, 6) is 0. The summed E-state index contributed by atoms with van der Waals surface area (Å²) in [5, 5.41) is 6.27. The maximum absolute atomic E-state index is 11.4. The Hall–Kier alpha value is -0.900. The molecule has 0 fully saturated rings. The lowest BCUT2D eigenvalue weighted by Crippen LogP contribution is -2.29. The molecule has 2 amide bonds. The fraction of sp³-hybridized carbons (Fsp3) is 0.100. The molecule has 0 heterocycles. The Morgan fingerprint density at radius 1 is 1.38 bits per heavy atom. The van der Waals surface area contributed by atoms with Gasteiger partial charge in [0.1, 0.15) is 0 Å². The molecule has 6 heteroatoms. The Bertz CT molecular complexity index is 421. The zero-order valence-corrected chi connectivity index (χ0v) is 10.5. The van der Waals surface area contributed by atoms with Gasteiger partial charge in [-0.05, 0) is 18.2 Å². The van der Waals surface area contributed by atoms with Crippen LogP contribution in [0, 0.1) is 0 Å². The molecule has 16 heavy (non-hydrogen) atoms. The molecule has 0 saturated heterocycles. The van der Waals surface area contributed by atoms with Crippen molar-refractivity contribution in [2.24, 2.45) is 0 Å². The van der Waals surface area contributed by atoms with Gasteiger partial charge in [-0.15, -0.1) is 0 Å². The lowest BCUT2D eigenvalue weighted by Gasteiger charge is -2.08. The molecule has 0 aromatic heterocycles. The molecular weight excluding hydrogens is 270 g/mol. The number of rotatable bonds is 3. The highest BCUT2D eigenvalue weighted by Crippen LogP contribution is 2.25. The van der Waals surface area contributed by atoms with E-state index in [1.54, 1.807) is 18.2 Å². The summed E-state index contributed by atoms with van der Waals surface area (Å²) >= 11 is 17.1. The first-order valence-electron chi connectivity index (χ1n) is 4.32. The molecule has 0 aliphatic heterocycles. The minimum absolute atomic E-state index is 0.186. The lowest BCUT2D eigenvalue weighted by atomic mass is 10.3. The minimum atomic E-state index is -0.425. The summed E-state index contributed by atoms with van der Waals surface area (Å²) < 4.78 is 0. The molecule has 3 nitrogen and oxygen atoms in total. The van der Waals surface area contributed by atoms with Crippen LogP contribution in [-0.4, -0.2) is 12.6 Å². The summed E-state index contributed by atoms with van der Waals surface area (Å²) in [6.07, 6.45) is 0. The molecule has 0 aliphatic carbocycles. The molecule has 0 unspecified atom stereocenters. The number of carbonyl (C=O) groups is 1. The van der Waals surface area contributed by atoms with Crippen LogP contribution >= 0.6 is 34.8 Å². The number of carbonyl (C=O) groups excluding carboxylic acids is 1. The standard InChI is InChI=1S/C10H9Cl3N2O/c1-6(11)5-14-10(16)15-9-4-7(12)2-3-8(9)13/h2-4H,1,5H2,(H2,14,15,16). The van der Waals surface area contributed by atoms with Crippen LogP contribution in [0.15, 0.2) is 29.8 Å². The summed E-state index contributed by atoms with van der Waals surface area (Å²) in [7, 11) is 0. The number of hydrogen-bond donors (Lipinski definition) is 2. The molecule has 1 aromatic carbocycles. The fourth-order valence-corrected chi connectivity index (χ4v) is 1.34. The smallest absolute Gasteiger partial charge is 0.319 e. The predicted octanol–water partition coefficient (Wildman–Crippen LogP) is 3.87. The van der Waals surface area contributed by atoms with Gasteiger partial charge in [0.05, 0.1) is 17.3 Å². The van der Waals surface area contributed by atoms with Crippen molar-refractivity contribution in [1.29, 1.82) is 0 Å². The minimum Gasteiger partial charge on any atom is -0.333 e. The summed E-state index contributed by atoms with van der Waals surface area (Å²) in [4.78, 5) is 11.4. The molecule has 1 rings (SSSR count). The van der Waals surface area contributed by atoms with Crippen LogP contribution in [-0.2, 0) is 0 Å². The Balaban J connectivity index is 2.62. The van der Waals surface area contributed by atoms with Crippen molar-refractivity contribution in [3.05, 3.63) is 39.9 Å². The van der Waals surface area contributed by atoms with Gasteiger partial charge >= 0.3 is 6.03 Å². The number of amides is 2. The van der Waals surface area contributed by atoms with Gasteiger partial charge < -0.3 is 10.6 Å². The van der Waals surface area contributed by atoms with Gasteiger partial charge in [-0.1, -0.05) is 41.4 Å². The van der Waals surface area contributed by atoms with E-state index in [1.807, 2.05) is 0 Å². The quantitative estimate of drug-likeness (QED) is 0.866. The Morgan fingerprint density at radius 2 is 2.06 bits per heavy atom. The van der Waals surface area contributed by atoms with Crippen molar-refractivity contribution in [1.82, 2.24) is 5.32 Å². The zero-order chi connectivity index (χ0) is 12.1. The van der Waals surface area contributed by atoms with E-state index >= 15 is 0 Å². The monoisotopic (exact) mass is 278 g/mol. The van der Waals surface area contributed by atoms with Crippen molar-refractivity contribution in [2.45, 2.75) is 0 Å². The van der Waals surface area contributed by atoms with Gasteiger partial charge in [0.25, 0.3) is 0 Å². The van der Waals surface area contributed by atoms with Gasteiger partial charge in [-0.25, -0.2) is 4.79 Å². The van der Waals surface area contributed by atoms with Crippen LogP contribution in [0.4, 0.5) is 10.5 Å². The van der Waals surface area contributed by atoms with E-state index in [4.69, 9.17) is 34.8 Å². The van der Waals surface area contributed by atoms with Crippen molar-refractivity contribution in [2.75, 3.05) is 11.9 Å². The van der Waals surface area contributed by atoms with Gasteiger partial charge in [-0.2, -0.15) is 0 Å². The zero-order valence-electron chi connectivity index (χ0n) is 8.19. The molecule has 0 aliphatic rings. The van der Waals surface area contributed by atoms with Crippen LogP contribution in [0.5, 0.6) is 0 Å². The first-order chi connectivity index (χ1) is 7.49. The highest BCUT2D eigenvalue weighted by atomic mass is 35.5. The van der Waals surface area contributed by atoms with Crippen LogP contribution in [0.3, 0.4) is 0 Å². The highest BCUT2D eigenvalue weighted by molar-refractivity contribution is 6.35. The second kappa shape index (κ2) is 5.99. The third kappa shape index (κ3) is 4.31. The van der Waals surface area contributed by atoms with Crippen LogP contribution in [0.2, 0.25) is 10.0 Å². The van der Waals surface area contributed by atoms with Crippen molar-refractivity contribution in [3.63, 3.8) is 0 Å². The fourth-order valence-electron chi connectivity index (χ4n) is 0.936. The predicted molar refractivity (Wildman–Crippen MR) is 68.5 cm³/mol. The molecule has 2 N–H and O–H groups in total. The van der Waals surface area contributed by atoms with Crippen LogP contribution < -0.4 is 10.6 Å². The van der Waals surface area contributed by atoms with E-state index in [0.29, 0.717) is 20.8 Å². The Labute approximate surface area is 108 Å². The largest absolute Gasteiger partial charge is 0.333 e. The third-order valence-electron chi connectivity index (χ3n) is 1.62. The highest BCUT2D eigenvalue weighted by Gasteiger charge is 2.05. The van der Waals surface area contributed by atoms with Crippen LogP contribution in [0.1, 0.15) is 0 Å². The van der Waals surface area contributed by atoms with E-state index in [2.05, 4.69) is 17.2 Å². The molecule has 86 valence electrons. The van der Waals surface area contributed by atoms with E-state index < -0.39 is 6.03 Å². The Kier molecular flexibility index (Phi) is 4.93. The second-order valence-corrected chi connectivity index (χ2v) is 4.33. The maximum atomic E-state index is 11.4. The van der Waals surface area contributed by atoms with Gasteiger partial charge in [0.15, 0.2) is 0 Å². The first kappa shape index (κ1) is 13.2. The van der Waals surface area contributed by atoms with Gasteiger partial charge in [-0.3, -0.25) is 0 Å². The van der Waals surface area contributed by atoms with E-state index in [9.17, 15) is 4.79 Å². The maximum Gasteiger partial charge on any atom is 0.319 e. The summed E-state index contributed by atoms with van der Waals surface area (Å²) in [6, 6.07) is 4.36. The summed E-state index contributed by atoms with van der Waals surface area (Å²) in [5.41, 5.74) is 0.437. The molecule has 0 saturated carbocycles. The second-order valence-electron chi connectivity index (χ2n) is 2.95. The molecule has 0 radical (unpaired) electrons. The number of hydrogen-bond acceptors (Lipinski definition) is 1. The summed E-state index contributed by atoms with van der Waals surface area (Å²) in [6.45, 7) is 3.63. The first-order valence-corrected chi connectivity index (χ1v) is 5.45. The number of urea groups is 1. The van der Waals surface area contributed by atoms with Gasteiger partial charge in [0.2, 0.25) is 0 Å². The van der Waals surface area contributed by atoms with E-state index in [0.717, 1.165) is 0 Å². The van der Waals surface area contributed by atoms with Crippen molar-refractivity contribution in [3.8, 4) is 0 Å². The number of anilines is 1. The number of benzene rings is 1. The average Bonchev–Trinajstić information content (AvgIpc) is 2.20. The molecule has 1 aromatic rings. The molecule has 0 atom stereocenters. The number of halogens is 3. The van der Waals surface area contributed by atoms with Crippen LogP contribution in [0.25, 0.3) is 0 Å². The van der Waals surface area contributed by atoms with E-state index in [-0.39, 0.29) is 6.54 Å². The Morgan fingerprint density at radius 3 is 2.69 bits per heavy atom. The number of nitrogens with one attached hydrogen (secondary N) is 2. The molecule has 0 bridgehead atoms. The normalized spacial score (nSPS) is 9.69. The topological polar surface area (TPSA) is 41.1 Å². The SMILES string of the molecule is C=C(Cl)CNC(=O)Nc1cc(Cl)ccc1Cl. The van der Waals surface area contributed by atoms with Crippen molar-refractivity contribution < 1.29 is 4.79 Å². The molecule has 0 spiro atoms. The van der Waals surface area contributed by atoms with E-state index in [1.165, 1.54) is 0 Å².